The molecule has 0 aliphatic carbocycles. The van der Waals surface area contributed by atoms with Crippen molar-refractivity contribution >= 4 is 38.1 Å². The molecular formula is C10H7BrN6OS. The number of hydrogen-bond donors (Lipinski definition) is 2. The van der Waals surface area contributed by atoms with E-state index < -0.39 is 5.91 Å². The van der Waals surface area contributed by atoms with Gasteiger partial charge in [-0.25, -0.2) is 5.84 Å². The van der Waals surface area contributed by atoms with Gasteiger partial charge in [0.1, 0.15) is 5.01 Å². The minimum Gasteiger partial charge on any atom is -0.287 e. The molecule has 3 aromatic rings. The summed E-state index contributed by atoms with van der Waals surface area (Å²) >= 11 is 4.75. The van der Waals surface area contributed by atoms with Gasteiger partial charge in [0.15, 0.2) is 0 Å². The van der Waals surface area contributed by atoms with Crippen LogP contribution in [-0.2, 0) is 0 Å². The predicted octanol–water partition coefficient (Wildman–Crippen LogP) is 1.22. The van der Waals surface area contributed by atoms with Crippen LogP contribution < -0.4 is 11.3 Å². The molecule has 1 aromatic carbocycles. The second-order valence-electron chi connectivity index (χ2n) is 3.61. The number of nitrogen functional groups attached to an aromatic ring is 1. The summed E-state index contributed by atoms with van der Waals surface area (Å²) < 4.78 is 2.33. The summed E-state index contributed by atoms with van der Waals surface area (Å²) in [6.07, 6.45) is 0. The number of carbonyl (C=O) groups excluding carboxylic acids is 1. The molecule has 3 N–H and O–H groups in total. The van der Waals surface area contributed by atoms with Crippen molar-refractivity contribution in [2.24, 2.45) is 5.84 Å². The highest BCUT2D eigenvalue weighted by atomic mass is 79.9. The molecule has 0 spiro atoms. The molecule has 0 aliphatic rings. The van der Waals surface area contributed by atoms with Crippen molar-refractivity contribution in [1.29, 1.82) is 0 Å². The van der Waals surface area contributed by atoms with Crippen LogP contribution in [0.15, 0.2) is 28.7 Å². The maximum atomic E-state index is 11.5. The number of aromatic nitrogens is 4. The van der Waals surface area contributed by atoms with Gasteiger partial charge >= 0.3 is 5.91 Å². The maximum Gasteiger partial charge on any atom is 0.304 e. The van der Waals surface area contributed by atoms with Crippen molar-refractivity contribution < 1.29 is 4.79 Å². The van der Waals surface area contributed by atoms with Crippen LogP contribution in [-0.4, -0.2) is 25.7 Å². The van der Waals surface area contributed by atoms with E-state index in [9.17, 15) is 4.79 Å². The number of nitrogens with zero attached hydrogens (tertiary/aromatic N) is 4. The topological polar surface area (TPSA) is 98.2 Å². The lowest BCUT2D eigenvalue weighted by Gasteiger charge is -1.96. The molecular weight excluding hydrogens is 332 g/mol. The van der Waals surface area contributed by atoms with E-state index in [1.807, 2.05) is 29.7 Å². The third-order valence-electron chi connectivity index (χ3n) is 2.40. The summed E-state index contributed by atoms with van der Waals surface area (Å²) in [5.41, 5.74) is 2.95. The zero-order valence-corrected chi connectivity index (χ0v) is 11.8. The molecule has 2 heterocycles. The molecule has 96 valence electrons. The predicted molar refractivity (Wildman–Crippen MR) is 73.4 cm³/mol. The first kappa shape index (κ1) is 12.2. The number of carbonyl (C=O) groups is 1. The van der Waals surface area contributed by atoms with E-state index in [1.54, 1.807) is 0 Å². The summed E-state index contributed by atoms with van der Waals surface area (Å²) in [4.78, 5) is 12.0. The molecule has 0 atom stereocenters. The van der Waals surface area contributed by atoms with Crippen LogP contribution in [0.1, 0.15) is 10.6 Å². The fourth-order valence-electron chi connectivity index (χ4n) is 1.56. The Kier molecular flexibility index (Phi) is 3.01. The Morgan fingerprint density at radius 1 is 1.42 bits per heavy atom. The van der Waals surface area contributed by atoms with Crippen LogP contribution in [0.5, 0.6) is 0 Å². The van der Waals surface area contributed by atoms with Gasteiger partial charge in [-0.05, 0) is 12.1 Å². The highest BCUT2D eigenvalue weighted by Crippen LogP contribution is 2.27. The maximum absolute atomic E-state index is 11.5. The van der Waals surface area contributed by atoms with E-state index in [0.29, 0.717) is 4.96 Å². The Hall–Kier alpha value is -1.84. The smallest absolute Gasteiger partial charge is 0.287 e. The lowest BCUT2D eigenvalue weighted by Crippen LogP contribution is -2.31. The average molecular weight is 339 g/mol. The molecule has 19 heavy (non-hydrogen) atoms. The minimum absolute atomic E-state index is 0.0648. The Labute approximate surface area is 119 Å². The third kappa shape index (κ3) is 2.11. The van der Waals surface area contributed by atoms with Gasteiger partial charge in [0.25, 0.3) is 0 Å². The van der Waals surface area contributed by atoms with Gasteiger partial charge in [0.05, 0.1) is 0 Å². The Morgan fingerprint density at radius 3 is 3.00 bits per heavy atom. The van der Waals surface area contributed by atoms with Crippen LogP contribution in [0.3, 0.4) is 0 Å². The summed E-state index contributed by atoms with van der Waals surface area (Å²) in [7, 11) is 0. The van der Waals surface area contributed by atoms with Crippen LogP contribution >= 0.6 is 27.3 Å². The first-order chi connectivity index (χ1) is 9.19. The second kappa shape index (κ2) is 4.68. The van der Waals surface area contributed by atoms with Crippen LogP contribution in [0, 0.1) is 0 Å². The van der Waals surface area contributed by atoms with E-state index in [1.165, 1.54) is 15.9 Å². The minimum atomic E-state index is -0.529. The largest absolute Gasteiger partial charge is 0.304 e. The SMILES string of the molecule is NNC(=O)c1nnc2sc(-c3cccc(Br)c3)nn12. The number of benzene rings is 1. The normalized spacial score (nSPS) is 10.8. The Morgan fingerprint density at radius 2 is 2.26 bits per heavy atom. The second-order valence-corrected chi connectivity index (χ2v) is 5.48. The number of fused-ring (bicyclic) bond motifs is 1. The summed E-state index contributed by atoms with van der Waals surface area (Å²) in [6, 6.07) is 7.71. The van der Waals surface area contributed by atoms with Gasteiger partial charge in [-0.3, -0.25) is 10.2 Å². The summed E-state index contributed by atoms with van der Waals surface area (Å²) in [5, 5.41) is 12.7. The van der Waals surface area contributed by atoms with E-state index in [-0.39, 0.29) is 5.82 Å². The molecule has 3 rings (SSSR count). The van der Waals surface area contributed by atoms with Crippen LogP contribution in [0.2, 0.25) is 0 Å². The van der Waals surface area contributed by atoms with Gasteiger partial charge in [-0.1, -0.05) is 39.4 Å². The fourth-order valence-corrected chi connectivity index (χ4v) is 2.80. The lowest BCUT2D eigenvalue weighted by atomic mass is 10.2. The number of halogens is 1. The standard InChI is InChI=1S/C10H7BrN6OS/c11-6-3-1-2-5(4-6)9-16-17-7(8(18)13-12)14-15-10(17)19-9/h1-4H,12H2,(H,13,18). The van der Waals surface area contributed by atoms with Gasteiger partial charge in [0, 0.05) is 10.0 Å². The summed E-state index contributed by atoms with van der Waals surface area (Å²) in [6.45, 7) is 0. The van der Waals surface area contributed by atoms with E-state index in [2.05, 4.69) is 31.2 Å². The molecule has 2 aromatic heterocycles. The van der Waals surface area contributed by atoms with Gasteiger partial charge in [-0.15, -0.1) is 10.2 Å². The third-order valence-corrected chi connectivity index (χ3v) is 3.84. The lowest BCUT2D eigenvalue weighted by molar-refractivity contribution is 0.0941. The molecule has 7 nitrogen and oxygen atoms in total. The molecule has 1 amide bonds. The molecule has 0 saturated carbocycles. The molecule has 0 saturated heterocycles. The van der Waals surface area contributed by atoms with Crippen molar-refractivity contribution in [3.63, 3.8) is 0 Å². The number of hydrogen-bond acceptors (Lipinski definition) is 6. The van der Waals surface area contributed by atoms with Gasteiger partial charge in [0.2, 0.25) is 10.8 Å². The highest BCUT2D eigenvalue weighted by Gasteiger charge is 2.17. The number of nitrogens with two attached hydrogens (primary N) is 1. The average Bonchev–Trinajstić information content (AvgIpc) is 2.97. The van der Waals surface area contributed by atoms with Crippen molar-refractivity contribution in [2.45, 2.75) is 0 Å². The van der Waals surface area contributed by atoms with Crippen molar-refractivity contribution in [1.82, 2.24) is 25.2 Å². The monoisotopic (exact) mass is 338 g/mol. The molecule has 0 bridgehead atoms. The number of nitrogens with one attached hydrogen (secondary N) is 1. The van der Waals surface area contributed by atoms with Crippen LogP contribution in [0.4, 0.5) is 0 Å². The van der Waals surface area contributed by atoms with E-state index >= 15 is 0 Å². The zero-order valence-electron chi connectivity index (χ0n) is 9.37. The van der Waals surface area contributed by atoms with Gasteiger partial charge in [-0.2, -0.15) is 9.61 Å². The van der Waals surface area contributed by atoms with Crippen LogP contribution in [0.25, 0.3) is 15.5 Å². The van der Waals surface area contributed by atoms with Crippen molar-refractivity contribution in [3.8, 4) is 10.6 Å². The van der Waals surface area contributed by atoms with Gasteiger partial charge < -0.3 is 0 Å². The molecule has 9 heteroatoms. The number of amides is 1. The van der Waals surface area contributed by atoms with E-state index in [4.69, 9.17) is 5.84 Å². The first-order valence-electron chi connectivity index (χ1n) is 5.18. The van der Waals surface area contributed by atoms with Crippen molar-refractivity contribution in [3.05, 3.63) is 34.6 Å². The first-order valence-corrected chi connectivity index (χ1v) is 6.79. The summed E-state index contributed by atoms with van der Waals surface area (Å²) in [5.74, 6) is 4.62. The van der Waals surface area contributed by atoms with Crippen molar-refractivity contribution in [2.75, 3.05) is 0 Å². The molecule has 0 aliphatic heterocycles. The quantitative estimate of drug-likeness (QED) is 0.416. The number of rotatable bonds is 2. The fraction of sp³-hybridized carbons (Fsp3) is 0. The number of hydrazine groups is 1. The molecule has 0 radical (unpaired) electrons. The molecule has 0 fully saturated rings. The van der Waals surface area contributed by atoms with E-state index in [0.717, 1.165) is 15.0 Å². The zero-order chi connectivity index (χ0) is 13.4. The Balaban J connectivity index is 2.12. The Bertz CT molecular complexity index is 766. The molecule has 0 unspecified atom stereocenters. The highest BCUT2D eigenvalue weighted by molar-refractivity contribution is 9.10.